The number of sulfonamides is 1. The maximum absolute atomic E-state index is 12.2. The Hall–Kier alpha value is -3.04. The molecule has 2 N–H and O–H groups in total. The summed E-state index contributed by atoms with van der Waals surface area (Å²) in [7, 11) is -3.62. The van der Waals surface area contributed by atoms with Crippen molar-refractivity contribution in [1.29, 1.82) is 0 Å². The van der Waals surface area contributed by atoms with E-state index in [1.54, 1.807) is 23.6 Å². The Morgan fingerprint density at radius 3 is 2.54 bits per heavy atom. The first-order valence-corrected chi connectivity index (χ1v) is 9.72. The maximum atomic E-state index is 12.2. The van der Waals surface area contributed by atoms with Crippen LogP contribution < -0.4 is 15.3 Å². The van der Waals surface area contributed by atoms with Crippen LogP contribution in [0, 0.1) is 0 Å². The molecule has 1 aromatic carbocycles. The first-order valence-electron chi connectivity index (χ1n) is 7.36. The summed E-state index contributed by atoms with van der Waals surface area (Å²) in [5.74, 6) is -0.0507. The summed E-state index contributed by atoms with van der Waals surface area (Å²) >= 11 is 1.12. The zero-order valence-corrected chi connectivity index (χ0v) is 15.0. The molecule has 0 radical (unpaired) electrons. The lowest BCUT2D eigenvalue weighted by Gasteiger charge is -2.13. The first kappa shape index (κ1) is 17.8. The molecule has 0 amide bonds. The molecule has 0 unspecified atom stereocenters. The molecule has 9 heteroatoms. The number of benzene rings is 1. The van der Waals surface area contributed by atoms with Crippen LogP contribution in [0.15, 0.2) is 80.5 Å². The number of hydrogen-bond donors (Lipinski definition) is 2. The molecular weight excluding hydrogens is 374 g/mol. The van der Waals surface area contributed by atoms with Crippen LogP contribution >= 0.6 is 11.3 Å². The van der Waals surface area contributed by atoms with Crippen LogP contribution in [0.3, 0.4) is 0 Å². The predicted octanol–water partition coefficient (Wildman–Crippen LogP) is 2.42. The zero-order chi connectivity index (χ0) is 18.6. The molecule has 0 aliphatic rings. The van der Waals surface area contributed by atoms with E-state index >= 15 is 0 Å². The van der Waals surface area contributed by atoms with Crippen molar-refractivity contribution >= 4 is 38.6 Å². The van der Waals surface area contributed by atoms with Crippen LogP contribution in [-0.2, 0) is 10.0 Å². The summed E-state index contributed by atoms with van der Waals surface area (Å²) in [6, 6.07) is 12.5. The van der Waals surface area contributed by atoms with Gasteiger partial charge in [-0.05, 0) is 41.3 Å². The molecule has 3 aromatic rings. The van der Waals surface area contributed by atoms with E-state index in [9.17, 15) is 13.5 Å². The minimum atomic E-state index is -3.62. The van der Waals surface area contributed by atoms with Gasteiger partial charge in [-0.25, -0.2) is 8.42 Å². The van der Waals surface area contributed by atoms with Gasteiger partial charge in [0.25, 0.3) is 10.0 Å². The lowest BCUT2D eigenvalue weighted by Crippen LogP contribution is -2.22. The van der Waals surface area contributed by atoms with Crippen molar-refractivity contribution in [2.75, 3.05) is 4.72 Å². The van der Waals surface area contributed by atoms with Gasteiger partial charge in [-0.2, -0.15) is 5.10 Å². The topological polar surface area (TPSA) is 107 Å². The summed E-state index contributed by atoms with van der Waals surface area (Å²) in [6.07, 6.45) is 1.49. The van der Waals surface area contributed by atoms with Crippen LogP contribution in [0.25, 0.3) is 5.70 Å². The fourth-order valence-corrected chi connectivity index (χ4v) is 4.04. The van der Waals surface area contributed by atoms with Crippen molar-refractivity contribution in [3.63, 3.8) is 0 Å². The number of hydrogen-bond acceptors (Lipinski definition) is 7. The van der Waals surface area contributed by atoms with Gasteiger partial charge in [-0.1, -0.05) is 24.8 Å². The van der Waals surface area contributed by atoms with Crippen molar-refractivity contribution in [2.45, 2.75) is 4.21 Å². The zero-order valence-electron chi connectivity index (χ0n) is 13.4. The number of rotatable bonds is 7. The van der Waals surface area contributed by atoms with Crippen LogP contribution in [0.5, 0.6) is 0 Å². The van der Waals surface area contributed by atoms with Gasteiger partial charge >= 0.3 is 0 Å². The summed E-state index contributed by atoms with van der Waals surface area (Å²) < 4.78 is 32.1. The minimum absolute atomic E-state index is 0.216. The highest BCUT2D eigenvalue weighted by atomic mass is 32.2. The number of nitrogens with one attached hydrogen (secondary N) is 2. The molecule has 0 spiro atoms. The summed E-state index contributed by atoms with van der Waals surface area (Å²) in [4.78, 5) is 0. The van der Waals surface area contributed by atoms with Gasteiger partial charge in [-0.3, -0.25) is 10.1 Å². The van der Waals surface area contributed by atoms with Crippen LogP contribution in [-0.4, -0.2) is 14.3 Å². The maximum Gasteiger partial charge on any atom is 0.271 e. The number of anilines is 1. The molecule has 0 aliphatic heterocycles. The van der Waals surface area contributed by atoms with Crippen LogP contribution in [0.2, 0.25) is 0 Å². The van der Waals surface area contributed by atoms with E-state index in [0.29, 0.717) is 22.7 Å². The Balaban J connectivity index is 1.67. The summed E-state index contributed by atoms with van der Waals surface area (Å²) in [5.41, 5.74) is 3.53. The van der Waals surface area contributed by atoms with Gasteiger partial charge in [0.15, 0.2) is 5.76 Å². The average Bonchev–Trinajstić information content (AvgIpc) is 3.33. The normalized spacial score (nSPS) is 11.9. The number of nitrogens with zero attached hydrogens (tertiary/aromatic N) is 1. The Morgan fingerprint density at radius 2 is 1.92 bits per heavy atom. The smallest absolute Gasteiger partial charge is 0.271 e. The van der Waals surface area contributed by atoms with E-state index < -0.39 is 15.9 Å². The van der Waals surface area contributed by atoms with E-state index in [1.807, 2.05) is 0 Å². The molecule has 2 heterocycles. The summed E-state index contributed by atoms with van der Waals surface area (Å²) in [5, 5.41) is 17.5. The molecule has 0 saturated heterocycles. The lowest BCUT2D eigenvalue weighted by molar-refractivity contribution is -0.213. The van der Waals surface area contributed by atoms with Gasteiger partial charge < -0.3 is 9.52 Å². The third-order valence-corrected chi connectivity index (χ3v) is 6.03. The molecule has 7 nitrogen and oxygen atoms in total. The average molecular weight is 388 g/mol. The fraction of sp³-hybridized carbons (Fsp3) is 0. The highest BCUT2D eigenvalue weighted by Crippen LogP contribution is 2.20. The van der Waals surface area contributed by atoms with Crippen molar-refractivity contribution < 1.29 is 17.9 Å². The first-order chi connectivity index (χ1) is 12.5. The van der Waals surface area contributed by atoms with Gasteiger partial charge in [0, 0.05) is 11.6 Å². The standard InChI is InChI=1S/C17H15N3O4S2/c1-12(15-4-2-10-24-15)18-19-17(21)13-6-8-14(9-7-13)20-26(22,23)16-5-3-11-25-16/h2-11,18,20H,1H2,(H,19,21)/p-1. The lowest BCUT2D eigenvalue weighted by atomic mass is 10.2. The second-order valence-corrected chi connectivity index (χ2v) is 7.96. The van der Waals surface area contributed by atoms with Crippen molar-refractivity contribution in [3.05, 3.63) is 78.1 Å². The Bertz CT molecular complexity index is 1010. The molecule has 2 aromatic heterocycles. The molecule has 0 fully saturated rings. The molecule has 0 atom stereocenters. The molecule has 26 heavy (non-hydrogen) atoms. The van der Waals surface area contributed by atoms with E-state index in [-0.39, 0.29) is 4.21 Å². The van der Waals surface area contributed by atoms with E-state index in [4.69, 9.17) is 4.42 Å². The third kappa shape index (κ3) is 4.13. The SMILES string of the molecule is C=C(NN=C([O-])c1ccc(NS(=O)(=O)c2cccs2)cc1)c1ccco1. The summed E-state index contributed by atoms with van der Waals surface area (Å²) in [6.45, 7) is 3.72. The molecule has 0 aliphatic carbocycles. The van der Waals surface area contributed by atoms with Crippen LogP contribution in [0.1, 0.15) is 11.3 Å². The molecule has 0 bridgehead atoms. The van der Waals surface area contributed by atoms with Gasteiger partial charge in [-0.15, -0.1) is 11.3 Å². The van der Waals surface area contributed by atoms with Crippen molar-refractivity contribution in [3.8, 4) is 0 Å². The monoisotopic (exact) mass is 388 g/mol. The highest BCUT2D eigenvalue weighted by molar-refractivity contribution is 7.94. The highest BCUT2D eigenvalue weighted by Gasteiger charge is 2.14. The second-order valence-electron chi connectivity index (χ2n) is 5.10. The van der Waals surface area contributed by atoms with E-state index in [1.165, 1.54) is 36.6 Å². The molecule has 0 saturated carbocycles. The fourth-order valence-electron chi connectivity index (χ4n) is 1.99. The molecule has 3 rings (SSSR count). The van der Waals surface area contributed by atoms with Crippen LogP contribution in [0.4, 0.5) is 5.69 Å². The number of thiophene rings is 1. The van der Waals surface area contributed by atoms with Crippen molar-refractivity contribution in [2.24, 2.45) is 5.10 Å². The Morgan fingerprint density at radius 1 is 1.15 bits per heavy atom. The third-order valence-electron chi connectivity index (χ3n) is 3.26. The van der Waals surface area contributed by atoms with E-state index in [0.717, 1.165) is 11.3 Å². The second kappa shape index (κ2) is 7.46. The number of furan rings is 1. The Labute approximate surface area is 154 Å². The molecular formula is C17H14N3O4S2-. The number of hydrazone groups is 1. The van der Waals surface area contributed by atoms with Gasteiger partial charge in [0.05, 0.1) is 12.0 Å². The Kier molecular flexibility index (Phi) is 5.10. The largest absolute Gasteiger partial charge is 0.857 e. The van der Waals surface area contributed by atoms with E-state index in [2.05, 4.69) is 21.8 Å². The minimum Gasteiger partial charge on any atom is -0.857 e. The molecule has 134 valence electrons. The predicted molar refractivity (Wildman–Crippen MR) is 99.0 cm³/mol. The van der Waals surface area contributed by atoms with Gasteiger partial charge in [0.1, 0.15) is 4.21 Å². The van der Waals surface area contributed by atoms with Gasteiger partial charge in [0.2, 0.25) is 0 Å². The quantitative estimate of drug-likeness (QED) is 0.367. The van der Waals surface area contributed by atoms with Crippen molar-refractivity contribution in [1.82, 2.24) is 5.43 Å².